The van der Waals surface area contributed by atoms with E-state index in [0.717, 1.165) is 5.71 Å². The van der Waals surface area contributed by atoms with E-state index in [9.17, 15) is 4.79 Å². The summed E-state index contributed by atoms with van der Waals surface area (Å²) in [6, 6.07) is 0. The van der Waals surface area contributed by atoms with Gasteiger partial charge in [0, 0.05) is 6.42 Å². The van der Waals surface area contributed by atoms with Crippen molar-refractivity contribution in [3.63, 3.8) is 0 Å². The highest BCUT2D eigenvalue weighted by Gasteiger charge is 2.27. The molecule has 1 aliphatic heterocycles. The summed E-state index contributed by atoms with van der Waals surface area (Å²) in [5.41, 5.74) is 6.37. The smallest absolute Gasteiger partial charge is 0.358 e. The maximum Gasteiger partial charge on any atom is 0.358 e. The van der Waals surface area contributed by atoms with Crippen LogP contribution in [0.2, 0.25) is 5.02 Å². The van der Waals surface area contributed by atoms with Crippen LogP contribution in [0, 0.1) is 0 Å². The molecular weight excluding hydrogens is 260 g/mol. The van der Waals surface area contributed by atoms with Gasteiger partial charge in [0.05, 0.1) is 12.8 Å². The normalized spacial score (nSPS) is 18.2. The second-order valence-electron chi connectivity index (χ2n) is 3.75. The minimum Gasteiger partial charge on any atom is -0.464 e. The van der Waals surface area contributed by atoms with Gasteiger partial charge in [0.2, 0.25) is 0 Å². The van der Waals surface area contributed by atoms with Gasteiger partial charge in [-0.15, -0.1) is 0 Å². The van der Waals surface area contributed by atoms with E-state index in [0.29, 0.717) is 6.42 Å². The molecule has 7 nitrogen and oxygen atoms in total. The number of methoxy groups -OCH3 is 1. The monoisotopic (exact) mass is 270 g/mol. The molecule has 0 aromatic carbocycles. The number of rotatable bonds is 2. The maximum absolute atomic E-state index is 11.5. The molecule has 1 aliphatic rings. The van der Waals surface area contributed by atoms with Crippen LogP contribution < -0.4 is 5.73 Å². The van der Waals surface area contributed by atoms with Crippen molar-refractivity contribution in [3.8, 4) is 0 Å². The molecule has 0 aliphatic carbocycles. The summed E-state index contributed by atoms with van der Waals surface area (Å²) >= 11 is 5.85. The fourth-order valence-electron chi connectivity index (χ4n) is 1.49. The summed E-state index contributed by atoms with van der Waals surface area (Å²) in [6.07, 6.45) is 0.0924. The van der Waals surface area contributed by atoms with Gasteiger partial charge in [0.25, 0.3) is 0 Å². The zero-order valence-electron chi connectivity index (χ0n) is 9.81. The molecule has 1 atom stereocenters. The molecule has 1 unspecified atom stereocenters. The van der Waals surface area contributed by atoms with E-state index < -0.39 is 12.1 Å². The van der Waals surface area contributed by atoms with Crippen LogP contribution in [-0.2, 0) is 9.57 Å². The van der Waals surface area contributed by atoms with E-state index in [-0.39, 0.29) is 22.4 Å². The predicted molar refractivity (Wildman–Crippen MR) is 64.3 cm³/mol. The molecule has 0 fully saturated rings. The fraction of sp³-hybridized carbons (Fsp3) is 0.400. The number of esters is 1. The van der Waals surface area contributed by atoms with Gasteiger partial charge in [0.15, 0.2) is 17.6 Å². The Labute approximate surface area is 108 Å². The van der Waals surface area contributed by atoms with Crippen molar-refractivity contribution in [1.29, 1.82) is 0 Å². The molecule has 96 valence electrons. The van der Waals surface area contributed by atoms with Crippen LogP contribution in [0.4, 0.5) is 5.82 Å². The summed E-state index contributed by atoms with van der Waals surface area (Å²) in [6.45, 7) is 1.82. The first kappa shape index (κ1) is 12.6. The van der Waals surface area contributed by atoms with Crippen molar-refractivity contribution in [2.45, 2.75) is 19.4 Å². The summed E-state index contributed by atoms with van der Waals surface area (Å²) in [5, 5.41) is 3.76. The number of nitrogen functional groups attached to an aromatic ring is 1. The lowest BCUT2D eigenvalue weighted by Crippen LogP contribution is -2.14. The van der Waals surface area contributed by atoms with Gasteiger partial charge in [-0.1, -0.05) is 16.8 Å². The van der Waals surface area contributed by atoms with Crippen molar-refractivity contribution < 1.29 is 14.4 Å². The number of hydrogen-bond acceptors (Lipinski definition) is 7. The largest absolute Gasteiger partial charge is 0.464 e. The van der Waals surface area contributed by atoms with Gasteiger partial charge in [-0.3, -0.25) is 0 Å². The van der Waals surface area contributed by atoms with Crippen LogP contribution in [0.5, 0.6) is 0 Å². The highest BCUT2D eigenvalue weighted by atomic mass is 35.5. The zero-order chi connectivity index (χ0) is 13.3. The Morgan fingerprint density at radius 1 is 1.56 bits per heavy atom. The van der Waals surface area contributed by atoms with E-state index in [4.69, 9.17) is 22.2 Å². The summed E-state index contributed by atoms with van der Waals surface area (Å²) in [7, 11) is 1.23. The predicted octanol–water partition coefficient (Wildman–Crippen LogP) is 1.34. The zero-order valence-corrected chi connectivity index (χ0v) is 10.6. The van der Waals surface area contributed by atoms with Crippen LogP contribution >= 0.6 is 11.6 Å². The Morgan fingerprint density at radius 2 is 2.28 bits per heavy atom. The van der Waals surface area contributed by atoms with Gasteiger partial charge in [-0.25, -0.2) is 14.8 Å². The van der Waals surface area contributed by atoms with Crippen molar-refractivity contribution in [1.82, 2.24) is 9.97 Å². The fourth-order valence-corrected chi connectivity index (χ4v) is 1.65. The Kier molecular flexibility index (Phi) is 3.33. The number of oxime groups is 1. The van der Waals surface area contributed by atoms with E-state index in [1.165, 1.54) is 7.11 Å². The van der Waals surface area contributed by atoms with Crippen molar-refractivity contribution in [2.75, 3.05) is 12.8 Å². The number of anilines is 1. The standard InChI is InChI=1S/C10H11ClN4O3/c1-4-3-5(18-15-4)9-13-7(10(16)17-2)6(11)8(12)14-9/h5H,3H2,1-2H3,(H2,12,13,14). The Bertz CT molecular complexity index is 532. The van der Waals surface area contributed by atoms with Crippen LogP contribution in [0.15, 0.2) is 5.16 Å². The molecule has 0 radical (unpaired) electrons. The van der Waals surface area contributed by atoms with Gasteiger partial charge in [-0.2, -0.15) is 0 Å². The number of carbonyl (C=O) groups excluding carboxylic acids is 1. The number of halogens is 1. The molecule has 2 rings (SSSR count). The average Bonchev–Trinajstić information content (AvgIpc) is 2.78. The minimum absolute atomic E-state index is 0.00946. The Hall–Kier alpha value is -1.89. The average molecular weight is 271 g/mol. The molecule has 0 saturated heterocycles. The minimum atomic E-state index is -0.675. The number of nitrogens with zero attached hydrogens (tertiary/aromatic N) is 3. The molecular formula is C10H11ClN4O3. The molecule has 2 heterocycles. The van der Waals surface area contributed by atoms with Crippen LogP contribution in [0.1, 0.15) is 35.8 Å². The molecule has 0 spiro atoms. The van der Waals surface area contributed by atoms with Crippen molar-refractivity contribution in [2.24, 2.45) is 5.16 Å². The van der Waals surface area contributed by atoms with Crippen molar-refractivity contribution in [3.05, 3.63) is 16.5 Å². The Morgan fingerprint density at radius 3 is 2.83 bits per heavy atom. The van der Waals surface area contributed by atoms with Crippen LogP contribution in [0.3, 0.4) is 0 Å². The molecule has 0 amide bonds. The highest BCUT2D eigenvalue weighted by molar-refractivity contribution is 6.35. The van der Waals surface area contributed by atoms with Gasteiger partial charge >= 0.3 is 5.97 Å². The number of ether oxygens (including phenoxy) is 1. The van der Waals surface area contributed by atoms with E-state index in [2.05, 4.69) is 19.9 Å². The van der Waals surface area contributed by atoms with Crippen LogP contribution in [-0.4, -0.2) is 28.8 Å². The van der Waals surface area contributed by atoms with Crippen LogP contribution in [0.25, 0.3) is 0 Å². The SMILES string of the molecule is COC(=O)c1nc(C2CC(C)=NO2)nc(N)c1Cl. The lowest BCUT2D eigenvalue weighted by molar-refractivity contribution is 0.0587. The summed E-state index contributed by atoms with van der Waals surface area (Å²) in [4.78, 5) is 24.6. The number of hydrogen-bond donors (Lipinski definition) is 1. The molecule has 1 aromatic rings. The summed E-state index contributed by atoms with van der Waals surface area (Å²) in [5.74, 6) is -0.404. The first-order chi connectivity index (χ1) is 8.52. The molecule has 8 heteroatoms. The molecule has 1 aromatic heterocycles. The third kappa shape index (κ3) is 2.21. The second-order valence-corrected chi connectivity index (χ2v) is 4.12. The first-order valence-corrected chi connectivity index (χ1v) is 5.51. The highest BCUT2D eigenvalue weighted by Crippen LogP contribution is 2.28. The molecule has 2 N–H and O–H groups in total. The molecule has 0 bridgehead atoms. The van der Waals surface area contributed by atoms with E-state index in [1.807, 2.05) is 6.92 Å². The number of aromatic nitrogens is 2. The molecule has 18 heavy (non-hydrogen) atoms. The number of nitrogens with two attached hydrogens (primary N) is 1. The molecule has 0 saturated carbocycles. The quantitative estimate of drug-likeness (QED) is 0.814. The third-order valence-electron chi connectivity index (χ3n) is 2.38. The van der Waals surface area contributed by atoms with E-state index in [1.54, 1.807) is 0 Å². The van der Waals surface area contributed by atoms with Gasteiger partial charge < -0.3 is 15.3 Å². The topological polar surface area (TPSA) is 99.7 Å². The third-order valence-corrected chi connectivity index (χ3v) is 2.75. The lowest BCUT2D eigenvalue weighted by atomic mass is 10.2. The van der Waals surface area contributed by atoms with Gasteiger partial charge in [-0.05, 0) is 6.92 Å². The van der Waals surface area contributed by atoms with E-state index >= 15 is 0 Å². The first-order valence-electron chi connectivity index (χ1n) is 5.13. The lowest BCUT2D eigenvalue weighted by Gasteiger charge is -2.10. The van der Waals surface area contributed by atoms with Crippen molar-refractivity contribution >= 4 is 29.1 Å². The number of carbonyl (C=O) groups is 1. The second kappa shape index (κ2) is 4.77. The Balaban J connectivity index is 2.38. The summed E-state index contributed by atoms with van der Waals surface area (Å²) < 4.78 is 4.57. The van der Waals surface area contributed by atoms with Gasteiger partial charge in [0.1, 0.15) is 10.8 Å². The maximum atomic E-state index is 11.5.